The van der Waals surface area contributed by atoms with Crippen LogP contribution in [0.1, 0.15) is 53.4 Å². The molecule has 0 fully saturated rings. The summed E-state index contributed by atoms with van der Waals surface area (Å²) in [5.74, 6) is 1.31. The Morgan fingerprint density at radius 1 is 1.14 bits per heavy atom. The van der Waals surface area contributed by atoms with Gasteiger partial charge < -0.3 is 4.74 Å². The fourth-order valence-electron chi connectivity index (χ4n) is 1.42. The second-order valence-electron chi connectivity index (χ2n) is 4.56. The van der Waals surface area contributed by atoms with Gasteiger partial charge in [0.05, 0.1) is 6.61 Å². The van der Waals surface area contributed by atoms with Crippen LogP contribution in [0.5, 0.6) is 0 Å². The van der Waals surface area contributed by atoms with Crippen LogP contribution in [0.4, 0.5) is 0 Å². The molecule has 1 unspecified atom stereocenters. The summed E-state index contributed by atoms with van der Waals surface area (Å²) in [6.07, 6.45) is 4.84. The van der Waals surface area contributed by atoms with Gasteiger partial charge in [-0.2, -0.15) is 0 Å². The van der Waals surface area contributed by atoms with Gasteiger partial charge in [0, 0.05) is 6.92 Å². The first-order valence-electron chi connectivity index (χ1n) is 5.65. The minimum atomic E-state index is -0.167. The Morgan fingerprint density at radius 3 is 2.29 bits per heavy atom. The summed E-state index contributed by atoms with van der Waals surface area (Å²) in [6.45, 7) is 8.78. The third-order valence-corrected chi connectivity index (χ3v) is 2.39. The molecule has 0 aromatic heterocycles. The van der Waals surface area contributed by atoms with Crippen LogP contribution in [0.15, 0.2) is 0 Å². The van der Waals surface area contributed by atoms with Crippen molar-refractivity contribution in [3.8, 4) is 0 Å². The van der Waals surface area contributed by atoms with Crippen molar-refractivity contribution in [1.29, 1.82) is 0 Å². The third kappa shape index (κ3) is 9.56. The normalized spacial score (nSPS) is 12.9. The maximum atomic E-state index is 10.5. The lowest BCUT2D eigenvalue weighted by Gasteiger charge is -2.11. The van der Waals surface area contributed by atoms with E-state index in [0.29, 0.717) is 12.5 Å². The number of hydrogen-bond donors (Lipinski definition) is 0. The first-order chi connectivity index (χ1) is 6.52. The molecular weight excluding hydrogens is 176 g/mol. The van der Waals surface area contributed by atoms with E-state index in [4.69, 9.17) is 4.74 Å². The van der Waals surface area contributed by atoms with Gasteiger partial charge in [0.25, 0.3) is 0 Å². The molecular formula is C12H24O2. The molecule has 0 aromatic rings. The first-order valence-corrected chi connectivity index (χ1v) is 5.65. The Kier molecular flexibility index (Phi) is 7.54. The van der Waals surface area contributed by atoms with E-state index in [9.17, 15) is 4.79 Å². The summed E-state index contributed by atoms with van der Waals surface area (Å²) in [6, 6.07) is 0. The Hall–Kier alpha value is -0.530. The van der Waals surface area contributed by atoms with Crippen LogP contribution >= 0.6 is 0 Å². The van der Waals surface area contributed by atoms with Crippen LogP contribution in [0.25, 0.3) is 0 Å². The summed E-state index contributed by atoms with van der Waals surface area (Å²) in [5, 5.41) is 0. The fraction of sp³-hybridized carbons (Fsp3) is 0.917. The second kappa shape index (κ2) is 7.84. The minimum Gasteiger partial charge on any atom is -0.466 e. The highest BCUT2D eigenvalue weighted by molar-refractivity contribution is 5.65. The van der Waals surface area contributed by atoms with E-state index in [1.54, 1.807) is 0 Å². The van der Waals surface area contributed by atoms with Crippen molar-refractivity contribution in [2.45, 2.75) is 53.4 Å². The van der Waals surface area contributed by atoms with Crippen LogP contribution in [0, 0.1) is 11.8 Å². The van der Waals surface area contributed by atoms with Crippen LogP contribution in [-0.2, 0) is 9.53 Å². The molecule has 0 saturated carbocycles. The lowest BCUT2D eigenvalue weighted by molar-refractivity contribution is -0.141. The molecule has 0 spiro atoms. The molecule has 0 heterocycles. The third-order valence-electron chi connectivity index (χ3n) is 2.39. The predicted molar refractivity (Wildman–Crippen MR) is 59.1 cm³/mol. The van der Waals surface area contributed by atoms with E-state index in [0.717, 1.165) is 12.3 Å². The average molecular weight is 200 g/mol. The average Bonchev–Trinajstić information content (AvgIpc) is 2.02. The second-order valence-corrected chi connectivity index (χ2v) is 4.56. The Morgan fingerprint density at radius 2 is 1.79 bits per heavy atom. The number of carbonyl (C=O) groups excluding carboxylic acids is 1. The molecule has 0 saturated heterocycles. The van der Waals surface area contributed by atoms with E-state index >= 15 is 0 Å². The number of rotatable bonds is 7. The molecule has 0 amide bonds. The van der Waals surface area contributed by atoms with Gasteiger partial charge in [-0.1, -0.05) is 40.0 Å². The van der Waals surface area contributed by atoms with Gasteiger partial charge in [-0.3, -0.25) is 4.79 Å². The van der Waals surface area contributed by atoms with Crippen molar-refractivity contribution in [2.24, 2.45) is 11.8 Å². The lowest BCUT2D eigenvalue weighted by atomic mass is 9.98. The van der Waals surface area contributed by atoms with Crippen LogP contribution < -0.4 is 0 Å². The van der Waals surface area contributed by atoms with Crippen molar-refractivity contribution in [3.63, 3.8) is 0 Å². The van der Waals surface area contributed by atoms with Crippen molar-refractivity contribution in [2.75, 3.05) is 6.61 Å². The van der Waals surface area contributed by atoms with Crippen molar-refractivity contribution < 1.29 is 9.53 Å². The first kappa shape index (κ1) is 13.5. The van der Waals surface area contributed by atoms with Gasteiger partial charge in [-0.15, -0.1) is 0 Å². The number of esters is 1. The molecule has 2 nitrogen and oxygen atoms in total. The summed E-state index contributed by atoms with van der Waals surface area (Å²) in [5.41, 5.74) is 0. The quantitative estimate of drug-likeness (QED) is 0.589. The van der Waals surface area contributed by atoms with Crippen LogP contribution in [-0.4, -0.2) is 12.6 Å². The van der Waals surface area contributed by atoms with Gasteiger partial charge in [0.1, 0.15) is 0 Å². The summed E-state index contributed by atoms with van der Waals surface area (Å²) >= 11 is 0. The van der Waals surface area contributed by atoms with Gasteiger partial charge in [-0.25, -0.2) is 0 Å². The van der Waals surface area contributed by atoms with E-state index in [-0.39, 0.29) is 5.97 Å². The zero-order chi connectivity index (χ0) is 11.0. The smallest absolute Gasteiger partial charge is 0.302 e. The lowest BCUT2D eigenvalue weighted by Crippen LogP contribution is -2.05. The molecule has 0 N–H and O–H groups in total. The molecule has 0 aliphatic carbocycles. The maximum absolute atomic E-state index is 10.5. The molecule has 0 aliphatic heterocycles. The van der Waals surface area contributed by atoms with Gasteiger partial charge in [0.15, 0.2) is 0 Å². The zero-order valence-corrected chi connectivity index (χ0v) is 10.0. The number of carbonyl (C=O) groups is 1. The highest BCUT2D eigenvalue weighted by Crippen LogP contribution is 2.14. The minimum absolute atomic E-state index is 0.167. The topological polar surface area (TPSA) is 26.3 Å². The molecule has 84 valence electrons. The van der Waals surface area contributed by atoms with Crippen LogP contribution in [0.3, 0.4) is 0 Å². The van der Waals surface area contributed by atoms with E-state index < -0.39 is 0 Å². The SMILES string of the molecule is CC(=O)OCCC(C)CCCC(C)C. The monoisotopic (exact) mass is 200 g/mol. The van der Waals surface area contributed by atoms with E-state index in [2.05, 4.69) is 20.8 Å². The maximum Gasteiger partial charge on any atom is 0.302 e. The van der Waals surface area contributed by atoms with E-state index in [1.807, 2.05) is 0 Å². The van der Waals surface area contributed by atoms with Crippen LogP contribution in [0.2, 0.25) is 0 Å². The van der Waals surface area contributed by atoms with Gasteiger partial charge in [-0.05, 0) is 18.3 Å². The molecule has 0 aliphatic rings. The summed E-state index contributed by atoms with van der Waals surface area (Å²) in [7, 11) is 0. The standard InChI is InChI=1S/C12H24O2/c1-10(2)6-5-7-11(3)8-9-14-12(4)13/h10-11H,5-9H2,1-4H3. The fourth-order valence-corrected chi connectivity index (χ4v) is 1.42. The zero-order valence-electron chi connectivity index (χ0n) is 10.0. The van der Waals surface area contributed by atoms with Crippen molar-refractivity contribution >= 4 is 5.97 Å². The Labute approximate surface area is 88.0 Å². The number of hydrogen-bond acceptors (Lipinski definition) is 2. The highest BCUT2D eigenvalue weighted by Gasteiger charge is 2.03. The Bertz CT molecular complexity index is 152. The molecule has 0 radical (unpaired) electrons. The largest absolute Gasteiger partial charge is 0.466 e. The van der Waals surface area contributed by atoms with Gasteiger partial charge >= 0.3 is 5.97 Å². The predicted octanol–water partition coefficient (Wildman–Crippen LogP) is 3.40. The van der Waals surface area contributed by atoms with Gasteiger partial charge in [0.2, 0.25) is 0 Å². The highest BCUT2D eigenvalue weighted by atomic mass is 16.5. The Balaban J connectivity index is 3.27. The molecule has 2 heteroatoms. The molecule has 1 atom stereocenters. The molecule has 14 heavy (non-hydrogen) atoms. The molecule has 0 aromatic carbocycles. The summed E-state index contributed by atoms with van der Waals surface area (Å²) in [4.78, 5) is 10.5. The molecule has 0 rings (SSSR count). The molecule has 0 bridgehead atoms. The van der Waals surface area contributed by atoms with Crippen molar-refractivity contribution in [3.05, 3.63) is 0 Å². The van der Waals surface area contributed by atoms with Crippen molar-refractivity contribution in [1.82, 2.24) is 0 Å². The summed E-state index contributed by atoms with van der Waals surface area (Å²) < 4.78 is 4.90. The van der Waals surface area contributed by atoms with E-state index in [1.165, 1.54) is 26.2 Å². The number of ether oxygens (including phenoxy) is 1.